The lowest BCUT2D eigenvalue weighted by Crippen LogP contribution is -1.73. The molecule has 3 aromatic carbocycles. The van der Waals surface area contributed by atoms with Crippen molar-refractivity contribution in [3.63, 3.8) is 0 Å². The quantitative estimate of drug-likeness (QED) is 0.296. The zero-order valence-electron chi connectivity index (χ0n) is 16.2. The molecule has 0 aliphatic carbocycles. The monoisotopic (exact) mass is 462 g/mol. The van der Waals surface area contributed by atoms with Crippen molar-refractivity contribution in [3.8, 4) is 11.1 Å². The molecule has 0 aliphatic rings. The van der Waals surface area contributed by atoms with E-state index in [0.29, 0.717) is 0 Å². The molecule has 0 amide bonds. The van der Waals surface area contributed by atoms with Gasteiger partial charge in [0.15, 0.2) is 0 Å². The summed E-state index contributed by atoms with van der Waals surface area (Å²) in [5, 5.41) is 0. The minimum Gasteiger partial charge on any atom is -0.174 e. The van der Waals surface area contributed by atoms with Gasteiger partial charge in [-0.2, -0.15) is 13.2 Å². The second-order valence-electron chi connectivity index (χ2n) is 5.99. The van der Waals surface area contributed by atoms with Crippen LogP contribution >= 0.6 is 35.7 Å². The van der Waals surface area contributed by atoms with Crippen molar-refractivity contribution >= 4 is 35.7 Å². The lowest BCUT2D eigenvalue weighted by Gasteiger charge is -1.98. The second-order valence-corrected chi connectivity index (χ2v) is 9.23. The molecule has 0 nitrogen and oxygen atoms in total. The number of thiophene rings is 1. The van der Waals surface area contributed by atoms with Crippen LogP contribution < -0.4 is 0 Å². The Hall–Kier alpha value is -2.15. The SMILES string of the molecule is Cc1ccc(Sc2ccc(S)s2)cc1.FC(F)F.c1ccc(-c2ccccc2)cc1. The Balaban J connectivity index is 0.000000183. The van der Waals surface area contributed by atoms with Gasteiger partial charge in [-0.05, 0) is 42.3 Å². The van der Waals surface area contributed by atoms with Crippen LogP contribution in [0.2, 0.25) is 0 Å². The van der Waals surface area contributed by atoms with Crippen LogP contribution in [0.15, 0.2) is 110 Å². The molecule has 156 valence electrons. The van der Waals surface area contributed by atoms with Gasteiger partial charge in [-0.15, -0.1) is 24.0 Å². The predicted octanol–water partition coefficient (Wildman–Crippen LogP) is 9.03. The number of thiol groups is 1. The summed E-state index contributed by atoms with van der Waals surface area (Å²) in [5.41, 5.74) is 3.85. The molecule has 0 saturated carbocycles. The van der Waals surface area contributed by atoms with Crippen molar-refractivity contribution in [1.29, 1.82) is 0 Å². The first-order valence-corrected chi connectivity index (χ1v) is 11.1. The highest BCUT2D eigenvalue weighted by Gasteiger charge is 1.99. The van der Waals surface area contributed by atoms with Crippen LogP contribution in [0.1, 0.15) is 5.56 Å². The Morgan fingerprint density at radius 3 is 1.57 bits per heavy atom. The van der Waals surface area contributed by atoms with Gasteiger partial charge in [0.2, 0.25) is 0 Å². The first-order chi connectivity index (χ1) is 14.4. The summed E-state index contributed by atoms with van der Waals surface area (Å²) in [4.78, 5) is 1.28. The zero-order chi connectivity index (χ0) is 21.8. The number of benzene rings is 3. The maximum absolute atomic E-state index is 9.67. The van der Waals surface area contributed by atoms with E-state index >= 15 is 0 Å². The van der Waals surface area contributed by atoms with Crippen molar-refractivity contribution in [1.82, 2.24) is 0 Å². The van der Waals surface area contributed by atoms with E-state index in [1.807, 2.05) is 18.2 Å². The van der Waals surface area contributed by atoms with Gasteiger partial charge in [0, 0.05) is 4.90 Å². The fourth-order valence-corrected chi connectivity index (χ4v) is 4.75. The fraction of sp³-hybridized carbons (Fsp3) is 0.0833. The topological polar surface area (TPSA) is 0 Å². The van der Waals surface area contributed by atoms with E-state index in [0.717, 1.165) is 4.21 Å². The number of hydrogen-bond acceptors (Lipinski definition) is 3. The first kappa shape index (κ1) is 24.1. The molecule has 4 rings (SSSR count). The van der Waals surface area contributed by atoms with Gasteiger partial charge >= 0.3 is 6.68 Å². The van der Waals surface area contributed by atoms with E-state index in [1.54, 1.807) is 23.1 Å². The van der Waals surface area contributed by atoms with Gasteiger partial charge in [0.25, 0.3) is 0 Å². The van der Waals surface area contributed by atoms with Gasteiger partial charge in [-0.1, -0.05) is 90.1 Å². The van der Waals surface area contributed by atoms with Crippen LogP contribution in [0.3, 0.4) is 0 Å². The summed E-state index contributed by atoms with van der Waals surface area (Å²) < 4.78 is 31.4. The van der Waals surface area contributed by atoms with Crippen molar-refractivity contribution in [3.05, 3.63) is 103 Å². The average Bonchev–Trinajstić information content (AvgIpc) is 3.16. The Labute approximate surface area is 189 Å². The molecule has 0 fully saturated rings. The summed E-state index contributed by atoms with van der Waals surface area (Å²) in [6, 6.07) is 33.5. The van der Waals surface area contributed by atoms with Crippen LogP contribution in [0.25, 0.3) is 11.1 Å². The molecule has 0 atom stereocenters. The predicted molar refractivity (Wildman–Crippen MR) is 126 cm³/mol. The minimum atomic E-state index is -3.67. The Bertz CT molecular complexity index is 929. The molecule has 0 radical (unpaired) electrons. The van der Waals surface area contributed by atoms with E-state index in [4.69, 9.17) is 0 Å². The van der Waals surface area contributed by atoms with Gasteiger partial charge in [0.05, 0.1) is 8.42 Å². The van der Waals surface area contributed by atoms with Crippen molar-refractivity contribution in [2.75, 3.05) is 0 Å². The van der Waals surface area contributed by atoms with E-state index < -0.39 is 6.68 Å². The molecule has 4 aromatic rings. The van der Waals surface area contributed by atoms with Gasteiger partial charge in [-0.3, -0.25) is 0 Å². The average molecular weight is 463 g/mol. The number of alkyl halides is 3. The smallest absolute Gasteiger partial charge is 0.174 e. The molecule has 0 N–H and O–H groups in total. The standard InChI is InChI=1S/C12H10.C11H10S3.CHF3/c1-3-7-11(8-4-1)12-9-5-2-6-10-12;1-8-2-4-9(5-3-8)13-11-7-6-10(12)14-11;2-1(3)4/h1-10H;2-7,12H,1H3;1H. The van der Waals surface area contributed by atoms with E-state index in [-0.39, 0.29) is 0 Å². The zero-order valence-corrected chi connectivity index (χ0v) is 18.7. The highest BCUT2D eigenvalue weighted by molar-refractivity contribution is 8.01. The molecule has 30 heavy (non-hydrogen) atoms. The van der Waals surface area contributed by atoms with Crippen molar-refractivity contribution in [2.24, 2.45) is 0 Å². The molecule has 0 aliphatic heterocycles. The van der Waals surface area contributed by atoms with Crippen LogP contribution in [0.4, 0.5) is 13.2 Å². The molecule has 6 heteroatoms. The Morgan fingerprint density at radius 2 is 1.17 bits per heavy atom. The lowest BCUT2D eigenvalue weighted by atomic mass is 10.1. The third kappa shape index (κ3) is 9.57. The third-order valence-corrected chi connectivity index (χ3v) is 6.14. The van der Waals surface area contributed by atoms with Crippen LogP contribution in [-0.4, -0.2) is 6.68 Å². The molecule has 0 spiro atoms. The van der Waals surface area contributed by atoms with Crippen LogP contribution in [0, 0.1) is 6.92 Å². The van der Waals surface area contributed by atoms with E-state index in [2.05, 4.69) is 98.4 Å². The highest BCUT2D eigenvalue weighted by Crippen LogP contribution is 2.34. The lowest BCUT2D eigenvalue weighted by molar-refractivity contribution is 0.00819. The first-order valence-electron chi connectivity index (χ1n) is 9.00. The molecule has 1 heterocycles. The largest absolute Gasteiger partial charge is 0.379 e. The van der Waals surface area contributed by atoms with Gasteiger partial charge in [-0.25, -0.2) is 0 Å². The highest BCUT2D eigenvalue weighted by atomic mass is 32.2. The number of rotatable bonds is 3. The second kappa shape index (κ2) is 13.2. The summed E-state index contributed by atoms with van der Waals surface area (Å²) in [5.74, 6) is 0. The summed E-state index contributed by atoms with van der Waals surface area (Å²) in [6.45, 7) is -1.56. The molecule has 1 aromatic heterocycles. The molecule has 0 unspecified atom stereocenters. The summed E-state index contributed by atoms with van der Waals surface area (Å²) >= 11 is 7.79. The number of aryl methyl sites for hydroxylation is 1. The number of halogens is 3. The molecule has 0 saturated heterocycles. The summed E-state index contributed by atoms with van der Waals surface area (Å²) in [7, 11) is 0. The number of hydrogen-bond donors (Lipinski definition) is 1. The summed E-state index contributed by atoms with van der Waals surface area (Å²) in [6.07, 6.45) is 0. The maximum atomic E-state index is 9.67. The van der Waals surface area contributed by atoms with E-state index in [9.17, 15) is 13.2 Å². The normalized spacial score (nSPS) is 9.93. The van der Waals surface area contributed by atoms with Crippen molar-refractivity contribution < 1.29 is 13.2 Å². The van der Waals surface area contributed by atoms with Crippen LogP contribution in [-0.2, 0) is 0 Å². The maximum Gasteiger partial charge on any atom is 0.379 e. The van der Waals surface area contributed by atoms with Gasteiger partial charge < -0.3 is 0 Å². The minimum absolute atomic E-state index is 1.07. The third-order valence-electron chi connectivity index (χ3n) is 3.69. The molecular weight excluding hydrogens is 441 g/mol. The van der Waals surface area contributed by atoms with Gasteiger partial charge in [0.1, 0.15) is 0 Å². The fourth-order valence-electron chi connectivity index (χ4n) is 2.35. The van der Waals surface area contributed by atoms with Crippen molar-refractivity contribution in [2.45, 2.75) is 26.9 Å². The Kier molecular flexibility index (Phi) is 10.6. The Morgan fingerprint density at radius 1 is 0.700 bits per heavy atom. The van der Waals surface area contributed by atoms with Crippen LogP contribution in [0.5, 0.6) is 0 Å². The molecule has 0 bridgehead atoms. The molecular formula is C24H21F3S3. The van der Waals surface area contributed by atoms with E-state index in [1.165, 1.54) is 25.8 Å².